The van der Waals surface area contributed by atoms with E-state index >= 15 is 0 Å². The summed E-state index contributed by atoms with van der Waals surface area (Å²) in [7, 11) is 0. The molecule has 0 spiro atoms. The number of rotatable bonds is 6. The summed E-state index contributed by atoms with van der Waals surface area (Å²) >= 11 is 0. The molecule has 7 rings (SSSR count). The Balaban J connectivity index is 0.00000197. The van der Waals surface area contributed by atoms with Crippen molar-refractivity contribution in [3.63, 3.8) is 0 Å². The molecule has 4 aliphatic rings. The molecule has 3 nitrogen and oxygen atoms in total. The molecule has 0 aromatic heterocycles. The van der Waals surface area contributed by atoms with Gasteiger partial charge < -0.3 is 15.7 Å². The van der Waals surface area contributed by atoms with Crippen LogP contribution in [0.15, 0.2) is 155 Å². The van der Waals surface area contributed by atoms with Crippen LogP contribution in [0, 0.1) is 25.7 Å². The lowest BCUT2D eigenvalue weighted by molar-refractivity contribution is 0.183. The number of para-hydroxylation sites is 2. The fourth-order valence-electron chi connectivity index (χ4n) is 7.42. The third-order valence-corrected chi connectivity index (χ3v) is 10.0. The zero-order chi connectivity index (χ0) is 34.1. The minimum Gasteiger partial charge on any atom is -0.388 e. The Hall–Kier alpha value is -4.86. The molecule has 0 saturated carbocycles. The van der Waals surface area contributed by atoms with E-state index in [0.29, 0.717) is 0 Å². The summed E-state index contributed by atoms with van der Waals surface area (Å²) in [6, 6.07) is 25.9. The van der Waals surface area contributed by atoms with Crippen LogP contribution >= 0.6 is 0 Å². The van der Waals surface area contributed by atoms with Crippen molar-refractivity contribution in [1.29, 1.82) is 0 Å². The van der Waals surface area contributed by atoms with E-state index in [1.165, 1.54) is 50.1 Å². The largest absolute Gasteiger partial charge is 0.388 e. The minimum atomic E-state index is -0.453. The average molecular weight is 633 g/mol. The third kappa shape index (κ3) is 6.00. The second kappa shape index (κ2) is 13.7. The van der Waals surface area contributed by atoms with Crippen LogP contribution in [0.25, 0.3) is 11.1 Å². The normalized spacial score (nSPS) is 24.4. The Labute approximate surface area is 287 Å². The van der Waals surface area contributed by atoms with Gasteiger partial charge in [-0.25, -0.2) is 0 Å². The number of hydrogen-bond acceptors (Lipinski definition) is 3. The minimum absolute atomic E-state index is 0.000162. The van der Waals surface area contributed by atoms with Crippen LogP contribution in [0.5, 0.6) is 0 Å². The molecule has 0 fully saturated rings. The van der Waals surface area contributed by atoms with E-state index in [1.54, 1.807) is 0 Å². The van der Waals surface area contributed by atoms with Crippen molar-refractivity contribution in [2.24, 2.45) is 11.8 Å². The maximum atomic E-state index is 10.3. The molecular formula is C45H48N2O. The summed E-state index contributed by atoms with van der Waals surface area (Å²) < 4.78 is 0. The number of benzene rings is 3. The Morgan fingerprint density at radius 1 is 0.917 bits per heavy atom. The quantitative estimate of drug-likeness (QED) is 0.253. The van der Waals surface area contributed by atoms with E-state index in [2.05, 4.69) is 129 Å². The molecule has 0 bridgehead atoms. The highest BCUT2D eigenvalue weighted by molar-refractivity contribution is 6.01. The van der Waals surface area contributed by atoms with Crippen molar-refractivity contribution in [2.45, 2.75) is 53.7 Å². The summed E-state index contributed by atoms with van der Waals surface area (Å²) in [4.78, 5) is 0. The number of nitrogens with one attached hydrogen (secondary N) is 2. The van der Waals surface area contributed by atoms with Gasteiger partial charge in [0.05, 0.1) is 12.1 Å². The molecule has 48 heavy (non-hydrogen) atoms. The summed E-state index contributed by atoms with van der Waals surface area (Å²) in [5.74, 6) is 0.190. The lowest BCUT2D eigenvalue weighted by atomic mass is 9.87. The Bertz CT molecular complexity index is 1960. The number of allylic oxidation sites excluding steroid dienone is 7. The van der Waals surface area contributed by atoms with Gasteiger partial charge in [0.25, 0.3) is 0 Å². The second-order valence-electron chi connectivity index (χ2n) is 13.1. The maximum absolute atomic E-state index is 10.3. The van der Waals surface area contributed by atoms with Crippen LogP contribution in [-0.2, 0) is 0 Å². The fourth-order valence-corrected chi connectivity index (χ4v) is 7.42. The van der Waals surface area contributed by atoms with Crippen molar-refractivity contribution in [3.05, 3.63) is 178 Å². The van der Waals surface area contributed by atoms with Crippen molar-refractivity contribution in [3.8, 4) is 0 Å². The Kier molecular flexibility index (Phi) is 9.44. The predicted molar refractivity (Wildman–Crippen MR) is 206 cm³/mol. The van der Waals surface area contributed by atoms with E-state index in [9.17, 15) is 5.11 Å². The Morgan fingerprint density at radius 2 is 1.62 bits per heavy atom. The number of aliphatic hydroxyl groups excluding tert-OH is 1. The maximum Gasteiger partial charge on any atom is 0.0786 e. The molecule has 4 unspecified atom stereocenters. The first-order valence-electron chi connectivity index (χ1n) is 17.3. The van der Waals surface area contributed by atoms with Gasteiger partial charge in [-0.2, -0.15) is 0 Å². The number of aliphatic hydroxyl groups is 1. The van der Waals surface area contributed by atoms with Crippen LogP contribution < -0.4 is 10.6 Å². The first-order chi connectivity index (χ1) is 23.2. The zero-order valence-corrected chi connectivity index (χ0v) is 29.2. The monoisotopic (exact) mass is 632 g/mol. The van der Waals surface area contributed by atoms with Crippen LogP contribution in [0.3, 0.4) is 0 Å². The third-order valence-electron chi connectivity index (χ3n) is 10.0. The van der Waals surface area contributed by atoms with E-state index in [4.69, 9.17) is 13.2 Å². The van der Waals surface area contributed by atoms with Crippen molar-refractivity contribution in [1.82, 2.24) is 0 Å². The van der Waals surface area contributed by atoms with Gasteiger partial charge >= 0.3 is 0 Å². The van der Waals surface area contributed by atoms with Crippen molar-refractivity contribution >= 4 is 22.5 Å². The first-order valence-corrected chi connectivity index (χ1v) is 17.3. The molecule has 4 atom stereocenters. The van der Waals surface area contributed by atoms with E-state index in [1.807, 2.05) is 26.0 Å². The molecule has 3 N–H and O–H groups in total. The lowest BCUT2D eigenvalue weighted by Crippen LogP contribution is -2.17. The van der Waals surface area contributed by atoms with Gasteiger partial charge in [0.2, 0.25) is 0 Å². The van der Waals surface area contributed by atoms with Crippen molar-refractivity contribution < 1.29 is 5.11 Å². The van der Waals surface area contributed by atoms with E-state index in [0.717, 1.165) is 40.2 Å². The number of anilines is 2. The molecule has 3 aliphatic carbocycles. The molecule has 244 valence electrons. The summed E-state index contributed by atoms with van der Waals surface area (Å²) in [6.07, 6.45) is 10.3. The van der Waals surface area contributed by atoms with Gasteiger partial charge in [-0.1, -0.05) is 124 Å². The van der Waals surface area contributed by atoms with E-state index in [-0.39, 0.29) is 17.9 Å². The standard InChI is InChI=1S/C43H42N2O.C2H6/c1-25-15-18-32(19-16-25)28(4)40-29(5)35(23-33(40)24-44-37-13-9-7-11-26(37)2)41-30(6)36(22-31-17-20-39(46)27(3)21-31)43-42(41)34-12-8-10-14-38(34)45-43;1-2/h7-23,27,33,39,43-46H,5-6,24H2,1-4H3;1-2H3/b36-22-,40-28-;. The van der Waals surface area contributed by atoms with Crippen LogP contribution in [0.1, 0.15) is 49.9 Å². The highest BCUT2D eigenvalue weighted by Gasteiger charge is 2.42. The highest BCUT2D eigenvalue weighted by Crippen LogP contribution is 2.55. The van der Waals surface area contributed by atoms with E-state index < -0.39 is 6.10 Å². The molecular weight excluding hydrogens is 585 g/mol. The summed E-state index contributed by atoms with van der Waals surface area (Å²) in [5.41, 5.74) is 17.7. The van der Waals surface area contributed by atoms with Crippen LogP contribution in [0.2, 0.25) is 0 Å². The van der Waals surface area contributed by atoms with Gasteiger partial charge in [-0.3, -0.25) is 0 Å². The lowest BCUT2D eigenvalue weighted by Gasteiger charge is -2.19. The molecule has 1 aliphatic heterocycles. The SMILES string of the molecule is C=C1C(C2=CC(CNc3ccccc3C)/C(=C(/C)c3ccc(C)cc3)C2=C)=C2c3ccccc3NC2/C1=C\C1=CC(C)C(O)C=C1.CC. The zero-order valence-electron chi connectivity index (χ0n) is 29.2. The molecule has 3 aromatic rings. The molecule has 3 aromatic carbocycles. The fraction of sp³-hybridized carbons (Fsp3) is 0.244. The first kappa shape index (κ1) is 33.1. The topological polar surface area (TPSA) is 44.3 Å². The van der Waals surface area contributed by atoms with Crippen molar-refractivity contribution in [2.75, 3.05) is 17.2 Å². The Morgan fingerprint density at radius 3 is 2.35 bits per heavy atom. The highest BCUT2D eigenvalue weighted by atomic mass is 16.3. The number of hydrogen-bond donors (Lipinski definition) is 3. The smallest absolute Gasteiger partial charge is 0.0786 e. The second-order valence-corrected chi connectivity index (χ2v) is 13.1. The van der Waals surface area contributed by atoms with Gasteiger partial charge in [0, 0.05) is 35.3 Å². The van der Waals surface area contributed by atoms with Gasteiger partial charge in [0.1, 0.15) is 0 Å². The molecule has 0 radical (unpaired) electrons. The summed E-state index contributed by atoms with van der Waals surface area (Å²) in [6.45, 7) is 22.9. The summed E-state index contributed by atoms with van der Waals surface area (Å²) in [5, 5.41) is 17.9. The number of fused-ring (bicyclic) bond motifs is 3. The van der Waals surface area contributed by atoms with Gasteiger partial charge in [-0.15, -0.1) is 0 Å². The molecule has 0 amide bonds. The molecule has 1 heterocycles. The predicted octanol–water partition coefficient (Wildman–Crippen LogP) is 10.6. The van der Waals surface area contributed by atoms with Gasteiger partial charge in [0.15, 0.2) is 0 Å². The van der Waals surface area contributed by atoms with Crippen LogP contribution in [-0.4, -0.2) is 23.8 Å². The molecule has 0 saturated heterocycles. The van der Waals surface area contributed by atoms with Crippen LogP contribution in [0.4, 0.5) is 11.4 Å². The average Bonchev–Trinajstić information content (AvgIpc) is 3.71. The number of aryl methyl sites for hydroxylation is 2. The molecule has 3 heteroatoms. The van der Waals surface area contributed by atoms with Gasteiger partial charge in [-0.05, 0) is 100 Å².